The van der Waals surface area contributed by atoms with Crippen LogP contribution in [-0.4, -0.2) is 41.3 Å². The van der Waals surface area contributed by atoms with Crippen molar-refractivity contribution in [3.05, 3.63) is 24.3 Å². The molecule has 5 atom stereocenters. The van der Waals surface area contributed by atoms with Crippen molar-refractivity contribution in [3.8, 4) is 0 Å². The van der Waals surface area contributed by atoms with Crippen LogP contribution in [0.1, 0.15) is 64.7 Å². The van der Waals surface area contributed by atoms with Gasteiger partial charge < -0.3 is 19.7 Å². The van der Waals surface area contributed by atoms with Crippen LogP contribution in [0, 0.1) is 11.8 Å². The number of allylic oxidation sites excluding steroid dienone is 2. The fourth-order valence-electron chi connectivity index (χ4n) is 3.90. The van der Waals surface area contributed by atoms with Gasteiger partial charge in [-0.05, 0) is 32.1 Å². The molecule has 1 aliphatic heterocycles. The first kappa shape index (κ1) is 21.0. The molecule has 0 spiro atoms. The molecule has 1 saturated carbocycles. The molecule has 0 aromatic heterocycles. The molecule has 1 heterocycles. The number of hydrogen-bond acceptors (Lipinski definition) is 5. The number of aliphatic hydroxyl groups is 2. The minimum Gasteiger partial charge on any atom is -0.430 e. The lowest BCUT2D eigenvalue weighted by Crippen LogP contribution is -2.28. The van der Waals surface area contributed by atoms with Crippen molar-refractivity contribution in [1.29, 1.82) is 0 Å². The highest BCUT2D eigenvalue weighted by Crippen LogP contribution is 2.43. The van der Waals surface area contributed by atoms with Crippen LogP contribution in [0.15, 0.2) is 24.3 Å². The molecule has 2 fully saturated rings. The van der Waals surface area contributed by atoms with Crippen molar-refractivity contribution in [1.82, 2.24) is 0 Å². The van der Waals surface area contributed by atoms with Crippen molar-refractivity contribution < 1.29 is 24.5 Å². The zero-order chi connectivity index (χ0) is 18.8. The number of carbonyl (C=O) groups is 1. The summed E-state index contributed by atoms with van der Waals surface area (Å²) in [7, 11) is 0. The normalized spacial score (nSPS) is 29.3. The van der Waals surface area contributed by atoms with Gasteiger partial charge in [0, 0.05) is 24.9 Å². The van der Waals surface area contributed by atoms with Crippen molar-refractivity contribution in [2.24, 2.45) is 11.8 Å². The highest BCUT2D eigenvalue weighted by Gasteiger charge is 2.49. The summed E-state index contributed by atoms with van der Waals surface area (Å²) in [6, 6.07) is 0. The van der Waals surface area contributed by atoms with Gasteiger partial charge in [-0.2, -0.15) is 0 Å². The first-order valence-electron chi connectivity index (χ1n) is 10.1. The Morgan fingerprint density at radius 3 is 2.73 bits per heavy atom. The molecule has 0 aromatic rings. The molecule has 1 saturated heterocycles. The Balaban J connectivity index is 1.91. The molecule has 5 heteroatoms. The van der Waals surface area contributed by atoms with E-state index in [-0.39, 0.29) is 30.7 Å². The van der Waals surface area contributed by atoms with Crippen LogP contribution in [0.5, 0.6) is 0 Å². The number of rotatable bonds is 12. The van der Waals surface area contributed by atoms with Crippen LogP contribution >= 0.6 is 0 Å². The van der Waals surface area contributed by atoms with Gasteiger partial charge in [-0.15, -0.1) is 0 Å². The number of aliphatic hydroxyl groups excluding tert-OH is 2. The molecule has 2 aliphatic rings. The van der Waals surface area contributed by atoms with E-state index in [1.165, 1.54) is 0 Å². The van der Waals surface area contributed by atoms with Gasteiger partial charge in [-0.1, -0.05) is 50.5 Å². The molecule has 26 heavy (non-hydrogen) atoms. The largest absolute Gasteiger partial charge is 0.508 e. The second kappa shape index (κ2) is 11.4. The van der Waals surface area contributed by atoms with Crippen molar-refractivity contribution in [2.75, 3.05) is 6.61 Å². The van der Waals surface area contributed by atoms with Gasteiger partial charge >= 0.3 is 6.16 Å². The molecule has 1 unspecified atom stereocenters. The molecule has 5 nitrogen and oxygen atoms in total. The number of unbranched alkanes of at least 4 members (excludes halogenated alkanes) is 4. The Bertz CT molecular complexity index is 473. The molecule has 0 amide bonds. The summed E-state index contributed by atoms with van der Waals surface area (Å²) in [5, 5.41) is 19.0. The number of hydrogen-bond donors (Lipinski definition) is 2. The summed E-state index contributed by atoms with van der Waals surface area (Å²) in [4.78, 5) is 11.6. The van der Waals surface area contributed by atoms with E-state index < -0.39 is 12.3 Å². The Hall–Kier alpha value is -1.33. The maximum Gasteiger partial charge on any atom is 0.508 e. The van der Waals surface area contributed by atoms with Crippen molar-refractivity contribution >= 4 is 6.16 Å². The van der Waals surface area contributed by atoms with Gasteiger partial charge in [0.2, 0.25) is 0 Å². The summed E-state index contributed by atoms with van der Waals surface area (Å²) >= 11 is 0. The lowest BCUT2D eigenvalue weighted by molar-refractivity contribution is -0.0346. The Kier molecular flexibility index (Phi) is 9.19. The lowest BCUT2D eigenvalue weighted by atomic mass is 9.89. The third-order valence-electron chi connectivity index (χ3n) is 5.37. The number of carbonyl (C=O) groups excluding carboxylic acids is 1. The smallest absolute Gasteiger partial charge is 0.430 e. The molecule has 2 N–H and O–H groups in total. The Morgan fingerprint density at radius 1 is 1.15 bits per heavy atom. The zero-order valence-corrected chi connectivity index (χ0v) is 15.9. The van der Waals surface area contributed by atoms with Gasteiger partial charge in [0.1, 0.15) is 12.2 Å². The number of ether oxygens (including phenoxy) is 2. The highest BCUT2D eigenvalue weighted by molar-refractivity contribution is 5.62. The first-order valence-corrected chi connectivity index (χ1v) is 10.1. The highest BCUT2D eigenvalue weighted by atomic mass is 16.7. The van der Waals surface area contributed by atoms with Gasteiger partial charge in [0.15, 0.2) is 0 Å². The number of fused-ring (bicyclic) bond motifs is 2. The SMILES string of the molecule is CCCCCC(O)/C=C/[C@@H]1[C@@H](C/C=C\CCCCO)[C@@H]2C[C@H]1OC(=O)O2. The third-order valence-corrected chi connectivity index (χ3v) is 5.37. The maximum absolute atomic E-state index is 11.6. The topological polar surface area (TPSA) is 76.0 Å². The van der Waals surface area contributed by atoms with E-state index in [1.54, 1.807) is 0 Å². The standard InChI is InChI=1S/C21H34O5/c1-2-3-7-10-16(23)12-13-18-17(11-8-5-4-6-9-14-22)19-15-20(18)26-21(24)25-19/h5,8,12-13,16-20,22-23H,2-4,6-7,9-11,14-15H2,1H3/b8-5-,13-12+/t16?,17-,18-,19+,20-/m1/s1. The van der Waals surface area contributed by atoms with Gasteiger partial charge in [0.05, 0.1) is 6.10 Å². The van der Waals surface area contributed by atoms with E-state index in [0.29, 0.717) is 0 Å². The molecular weight excluding hydrogens is 332 g/mol. The third kappa shape index (κ3) is 6.44. The maximum atomic E-state index is 11.6. The summed E-state index contributed by atoms with van der Waals surface area (Å²) < 4.78 is 10.7. The van der Waals surface area contributed by atoms with E-state index in [4.69, 9.17) is 14.6 Å². The van der Waals surface area contributed by atoms with Gasteiger partial charge in [-0.3, -0.25) is 0 Å². The second-order valence-electron chi connectivity index (χ2n) is 7.41. The van der Waals surface area contributed by atoms with Gasteiger partial charge in [-0.25, -0.2) is 4.79 Å². The fraction of sp³-hybridized carbons (Fsp3) is 0.762. The summed E-state index contributed by atoms with van der Waals surface area (Å²) in [5.41, 5.74) is 0. The predicted molar refractivity (Wildman–Crippen MR) is 101 cm³/mol. The van der Waals surface area contributed by atoms with Crippen LogP contribution in [-0.2, 0) is 9.47 Å². The first-order chi connectivity index (χ1) is 12.7. The minimum absolute atomic E-state index is 0.0920. The summed E-state index contributed by atoms with van der Waals surface area (Å²) in [5.74, 6) is 0.286. The van der Waals surface area contributed by atoms with E-state index in [1.807, 2.05) is 12.2 Å². The summed E-state index contributed by atoms with van der Waals surface area (Å²) in [6.45, 7) is 2.39. The van der Waals surface area contributed by atoms with Crippen LogP contribution in [0.3, 0.4) is 0 Å². The molecule has 1 aliphatic carbocycles. The second-order valence-corrected chi connectivity index (χ2v) is 7.41. The van der Waals surface area contributed by atoms with Crippen LogP contribution < -0.4 is 0 Å². The minimum atomic E-state index is -0.567. The fourth-order valence-corrected chi connectivity index (χ4v) is 3.90. The van der Waals surface area contributed by atoms with E-state index >= 15 is 0 Å². The van der Waals surface area contributed by atoms with Gasteiger partial charge in [0.25, 0.3) is 0 Å². The molecule has 2 rings (SSSR count). The van der Waals surface area contributed by atoms with E-state index in [9.17, 15) is 9.90 Å². The Labute approximate surface area is 157 Å². The Morgan fingerprint density at radius 2 is 1.96 bits per heavy atom. The van der Waals surface area contributed by atoms with Crippen molar-refractivity contribution in [3.63, 3.8) is 0 Å². The van der Waals surface area contributed by atoms with Crippen LogP contribution in [0.25, 0.3) is 0 Å². The quantitative estimate of drug-likeness (QED) is 0.308. The molecule has 0 aromatic carbocycles. The van der Waals surface area contributed by atoms with Crippen molar-refractivity contribution in [2.45, 2.75) is 83.0 Å². The zero-order valence-electron chi connectivity index (χ0n) is 15.9. The van der Waals surface area contributed by atoms with Crippen LogP contribution in [0.4, 0.5) is 4.79 Å². The molecular formula is C21H34O5. The average molecular weight is 366 g/mol. The van der Waals surface area contributed by atoms with Crippen LogP contribution in [0.2, 0.25) is 0 Å². The van der Waals surface area contributed by atoms with E-state index in [0.717, 1.165) is 57.8 Å². The van der Waals surface area contributed by atoms with E-state index in [2.05, 4.69) is 19.1 Å². The monoisotopic (exact) mass is 366 g/mol. The molecule has 2 bridgehead atoms. The molecule has 0 radical (unpaired) electrons. The summed E-state index contributed by atoms with van der Waals surface area (Å²) in [6.07, 6.45) is 15.3. The molecule has 148 valence electrons. The lowest BCUT2D eigenvalue weighted by Gasteiger charge is -2.20. The average Bonchev–Trinajstić information content (AvgIpc) is 2.86. The predicted octanol–water partition coefficient (Wildman–Crippen LogP) is 4.13.